The number of hydrogen-bond donors (Lipinski definition) is 0. The maximum absolute atomic E-state index is 12.6. The lowest BCUT2D eigenvalue weighted by Crippen LogP contribution is -2.23. The largest absolute Gasteiger partial charge is 0.457 e. The van der Waals surface area contributed by atoms with Gasteiger partial charge >= 0.3 is 0 Å². The van der Waals surface area contributed by atoms with Crippen LogP contribution in [0.15, 0.2) is 63.0 Å². The summed E-state index contributed by atoms with van der Waals surface area (Å²) >= 11 is 13.4. The molecule has 3 heterocycles. The van der Waals surface area contributed by atoms with Crippen LogP contribution in [0.1, 0.15) is 5.76 Å². The number of rotatable bonds is 4. The van der Waals surface area contributed by atoms with Gasteiger partial charge in [0.05, 0.1) is 14.9 Å². The van der Waals surface area contributed by atoms with Crippen LogP contribution in [0.25, 0.3) is 17.4 Å². The Balaban J connectivity index is 1.60. The number of halogens is 2. The average Bonchev–Trinajstić information content (AvgIpc) is 3.30. The Hall–Kier alpha value is -3.14. The summed E-state index contributed by atoms with van der Waals surface area (Å²) < 4.78 is 5.78. The van der Waals surface area contributed by atoms with Gasteiger partial charge in [-0.2, -0.15) is 0 Å². The first kappa shape index (κ1) is 21.1. The minimum atomic E-state index is -0.523. The van der Waals surface area contributed by atoms with Crippen molar-refractivity contribution in [3.8, 4) is 11.3 Å². The molecule has 31 heavy (non-hydrogen) atoms. The van der Waals surface area contributed by atoms with E-state index in [2.05, 4.69) is 9.98 Å². The van der Waals surface area contributed by atoms with E-state index in [1.54, 1.807) is 43.6 Å². The predicted octanol–water partition coefficient (Wildman–Crippen LogP) is 5.79. The molecule has 1 aromatic carbocycles. The fourth-order valence-corrected chi connectivity index (χ4v) is 4.13. The Morgan fingerprint density at radius 2 is 2.06 bits per heavy atom. The number of hydrogen-bond acceptors (Lipinski definition) is 7. The van der Waals surface area contributed by atoms with Crippen LogP contribution >= 0.6 is 35.0 Å². The van der Waals surface area contributed by atoms with Crippen molar-refractivity contribution < 1.29 is 14.1 Å². The summed E-state index contributed by atoms with van der Waals surface area (Å²) in [6.45, 7) is 0. The molecule has 0 N–H and O–H groups in total. The number of nitro groups is 1. The summed E-state index contributed by atoms with van der Waals surface area (Å²) in [5.74, 6) is 0.607. The summed E-state index contributed by atoms with van der Waals surface area (Å²) in [4.78, 5) is 33.2. The van der Waals surface area contributed by atoms with Crippen LogP contribution in [0.5, 0.6) is 0 Å². The van der Waals surface area contributed by atoms with Crippen molar-refractivity contribution in [3.05, 3.63) is 79.6 Å². The summed E-state index contributed by atoms with van der Waals surface area (Å²) in [6.07, 6.45) is 3.15. The van der Waals surface area contributed by atoms with E-state index in [0.29, 0.717) is 32.8 Å². The number of aromatic nitrogens is 1. The van der Waals surface area contributed by atoms with Crippen molar-refractivity contribution >= 4 is 63.5 Å². The maximum Gasteiger partial charge on any atom is 0.270 e. The van der Waals surface area contributed by atoms with Crippen molar-refractivity contribution in [1.29, 1.82) is 0 Å². The van der Waals surface area contributed by atoms with E-state index in [4.69, 9.17) is 27.6 Å². The van der Waals surface area contributed by atoms with Gasteiger partial charge in [-0.05, 0) is 42.1 Å². The van der Waals surface area contributed by atoms with Crippen molar-refractivity contribution in [3.63, 3.8) is 0 Å². The van der Waals surface area contributed by atoms with E-state index in [1.165, 1.54) is 34.9 Å². The molecule has 156 valence electrons. The van der Waals surface area contributed by atoms with Crippen LogP contribution in [0, 0.1) is 10.1 Å². The number of carbonyl (C=O) groups excluding carboxylic acids is 1. The molecule has 0 bridgehead atoms. The first-order valence-corrected chi connectivity index (χ1v) is 10.3. The lowest BCUT2D eigenvalue weighted by atomic mass is 10.1. The number of nitrogens with zero attached hydrogens (tertiary/aromatic N) is 4. The lowest BCUT2D eigenvalue weighted by Gasteiger charge is -2.07. The maximum atomic E-state index is 12.6. The number of benzene rings is 1. The molecule has 0 saturated carbocycles. The minimum Gasteiger partial charge on any atom is -0.457 e. The van der Waals surface area contributed by atoms with Gasteiger partial charge in [-0.3, -0.25) is 19.8 Å². The van der Waals surface area contributed by atoms with Gasteiger partial charge in [-0.15, -0.1) is 0 Å². The van der Waals surface area contributed by atoms with E-state index in [1.807, 2.05) is 0 Å². The third-order valence-electron chi connectivity index (χ3n) is 4.29. The van der Waals surface area contributed by atoms with Crippen molar-refractivity contribution in [2.45, 2.75) is 0 Å². The normalized spacial score (nSPS) is 16.5. The zero-order chi connectivity index (χ0) is 22.1. The fraction of sp³-hybridized carbons (Fsp3) is 0.0500. The smallest absolute Gasteiger partial charge is 0.270 e. The van der Waals surface area contributed by atoms with Gasteiger partial charge in [0.15, 0.2) is 10.3 Å². The highest BCUT2D eigenvalue weighted by molar-refractivity contribution is 8.18. The second kappa shape index (κ2) is 8.54. The molecule has 1 saturated heterocycles. The first-order valence-electron chi connectivity index (χ1n) is 8.74. The van der Waals surface area contributed by atoms with Crippen LogP contribution in [0.4, 0.5) is 11.4 Å². The fourth-order valence-electron chi connectivity index (χ4n) is 2.74. The zero-order valence-corrected chi connectivity index (χ0v) is 18.1. The van der Waals surface area contributed by atoms with E-state index in [0.717, 1.165) is 0 Å². The third kappa shape index (κ3) is 4.34. The Morgan fingerprint density at radius 1 is 1.26 bits per heavy atom. The monoisotopic (exact) mass is 474 g/mol. The molecule has 0 spiro atoms. The quantitative estimate of drug-likeness (QED) is 0.205. The van der Waals surface area contributed by atoms with Crippen LogP contribution < -0.4 is 0 Å². The summed E-state index contributed by atoms with van der Waals surface area (Å²) in [5.41, 5.74) is 0.854. The molecule has 1 amide bonds. The number of furan rings is 1. The molecule has 0 unspecified atom stereocenters. The van der Waals surface area contributed by atoms with E-state index >= 15 is 0 Å². The molecule has 4 rings (SSSR count). The molecule has 0 aliphatic carbocycles. The molecular weight excluding hydrogens is 463 g/mol. The molecule has 11 heteroatoms. The molecule has 0 radical (unpaired) electrons. The van der Waals surface area contributed by atoms with Gasteiger partial charge < -0.3 is 4.42 Å². The number of thioether (sulfide) groups is 1. The van der Waals surface area contributed by atoms with Gasteiger partial charge in [0.25, 0.3) is 11.6 Å². The van der Waals surface area contributed by atoms with Crippen LogP contribution in [-0.4, -0.2) is 32.9 Å². The predicted molar refractivity (Wildman–Crippen MR) is 120 cm³/mol. The van der Waals surface area contributed by atoms with Gasteiger partial charge in [0.2, 0.25) is 0 Å². The van der Waals surface area contributed by atoms with Gasteiger partial charge in [0.1, 0.15) is 17.2 Å². The first-order chi connectivity index (χ1) is 14.8. The second-order valence-electron chi connectivity index (χ2n) is 6.31. The Labute approximate surface area is 190 Å². The number of likely N-dealkylation sites (N-methyl/N-ethyl adjacent to an activating group) is 1. The third-order valence-corrected chi connectivity index (χ3v) is 5.95. The number of aliphatic imine (C=N–C) groups is 1. The van der Waals surface area contributed by atoms with Crippen LogP contribution in [0.3, 0.4) is 0 Å². The number of amidine groups is 1. The number of nitro benzene ring substituents is 1. The highest BCUT2D eigenvalue weighted by Crippen LogP contribution is 2.36. The summed E-state index contributed by atoms with van der Waals surface area (Å²) in [5, 5.41) is 11.8. The zero-order valence-electron chi connectivity index (χ0n) is 15.8. The molecule has 0 atom stereocenters. The lowest BCUT2D eigenvalue weighted by molar-refractivity contribution is -0.384. The average molecular weight is 475 g/mol. The van der Waals surface area contributed by atoms with Crippen molar-refractivity contribution in [2.24, 2.45) is 4.99 Å². The Bertz CT molecular complexity index is 1270. The number of pyridine rings is 1. The Kier molecular flexibility index (Phi) is 5.81. The molecule has 1 aliphatic heterocycles. The molecular formula is C20H12Cl2N4O4S. The summed E-state index contributed by atoms with van der Waals surface area (Å²) in [7, 11) is 1.61. The van der Waals surface area contributed by atoms with E-state index < -0.39 is 4.92 Å². The van der Waals surface area contributed by atoms with E-state index in [9.17, 15) is 14.9 Å². The molecule has 1 aliphatic rings. The minimum absolute atomic E-state index is 0.112. The number of carbonyl (C=O) groups is 1. The Morgan fingerprint density at radius 3 is 2.77 bits per heavy atom. The van der Waals surface area contributed by atoms with Crippen molar-refractivity contribution in [2.75, 3.05) is 7.05 Å². The second-order valence-corrected chi connectivity index (χ2v) is 8.08. The topological polar surface area (TPSA) is 102 Å². The van der Waals surface area contributed by atoms with Crippen molar-refractivity contribution in [1.82, 2.24) is 9.88 Å². The summed E-state index contributed by atoms with van der Waals surface area (Å²) in [6, 6.07) is 10.9. The van der Waals surface area contributed by atoms with Crippen LogP contribution in [0.2, 0.25) is 10.2 Å². The van der Waals surface area contributed by atoms with Gasteiger partial charge in [-0.25, -0.2) is 9.98 Å². The molecule has 2 aromatic heterocycles. The SMILES string of the molecule is CN1C(=O)/C(=C\c2ccc(-c3ccc([N+](=O)[O-])cc3Cl)o2)SC1=Nc1cccnc1Cl. The molecule has 8 nitrogen and oxygen atoms in total. The molecule has 1 fully saturated rings. The van der Waals surface area contributed by atoms with E-state index in [-0.39, 0.29) is 21.8 Å². The highest BCUT2D eigenvalue weighted by Gasteiger charge is 2.31. The standard InChI is InChI=1S/C20H12Cl2N4O4S/c1-25-19(27)17(31-20(25)24-15-3-2-8-23-18(15)22)10-12-5-7-16(30-12)13-6-4-11(26(28)29)9-14(13)21/h2-10H,1H3/b17-10+,24-20?. The van der Waals surface area contributed by atoms with Gasteiger partial charge in [0, 0.05) is 37.0 Å². The van der Waals surface area contributed by atoms with Crippen LogP contribution in [-0.2, 0) is 4.79 Å². The number of amides is 1. The highest BCUT2D eigenvalue weighted by atomic mass is 35.5. The van der Waals surface area contributed by atoms with Gasteiger partial charge in [-0.1, -0.05) is 23.2 Å². The molecule has 3 aromatic rings. The number of non-ortho nitro benzene ring substituents is 1.